The fourth-order valence-corrected chi connectivity index (χ4v) is 1.33. The highest BCUT2D eigenvalue weighted by Crippen LogP contribution is 2.17. The summed E-state index contributed by atoms with van der Waals surface area (Å²) in [6.45, 7) is 1.99. The summed E-state index contributed by atoms with van der Waals surface area (Å²) in [5.41, 5.74) is 0. The highest BCUT2D eigenvalue weighted by molar-refractivity contribution is 5.77. The molecule has 0 radical (unpaired) electrons. The minimum absolute atomic E-state index is 0.0249. The monoisotopic (exact) mass is 266 g/mol. The molecule has 0 fully saturated rings. The maximum absolute atomic E-state index is 10.9. The van der Waals surface area contributed by atoms with E-state index in [4.69, 9.17) is 9.47 Å². The average molecular weight is 266 g/mol. The SMILES string of the molecule is COC(=O)CCCOc1ccc(OCC(C)=O)cc1. The lowest BCUT2D eigenvalue weighted by Crippen LogP contribution is -2.06. The number of esters is 1. The van der Waals surface area contributed by atoms with Crippen molar-refractivity contribution in [1.82, 2.24) is 0 Å². The molecule has 0 atom stereocenters. The van der Waals surface area contributed by atoms with Crippen LogP contribution in [0.2, 0.25) is 0 Å². The number of hydrogen-bond donors (Lipinski definition) is 0. The van der Waals surface area contributed by atoms with Crippen molar-refractivity contribution in [3.8, 4) is 11.5 Å². The molecule has 0 amide bonds. The molecule has 0 aromatic heterocycles. The molecule has 0 aliphatic rings. The summed E-state index contributed by atoms with van der Waals surface area (Å²) in [6.07, 6.45) is 0.950. The molecule has 0 heterocycles. The summed E-state index contributed by atoms with van der Waals surface area (Å²) in [4.78, 5) is 21.6. The van der Waals surface area contributed by atoms with Crippen LogP contribution in [-0.4, -0.2) is 32.1 Å². The molecule has 0 bridgehead atoms. The first kappa shape index (κ1) is 15.0. The van der Waals surface area contributed by atoms with Crippen LogP contribution in [-0.2, 0) is 14.3 Å². The molecule has 0 saturated heterocycles. The van der Waals surface area contributed by atoms with E-state index in [0.29, 0.717) is 30.9 Å². The highest BCUT2D eigenvalue weighted by Gasteiger charge is 2.01. The zero-order valence-electron chi connectivity index (χ0n) is 11.2. The number of ether oxygens (including phenoxy) is 3. The van der Waals surface area contributed by atoms with Crippen LogP contribution >= 0.6 is 0 Å². The molecule has 1 aromatic rings. The Hall–Kier alpha value is -2.04. The largest absolute Gasteiger partial charge is 0.494 e. The molecule has 5 heteroatoms. The third-order valence-electron chi connectivity index (χ3n) is 2.29. The molecule has 1 aromatic carbocycles. The van der Waals surface area contributed by atoms with Crippen LogP contribution in [0, 0.1) is 0 Å². The Morgan fingerprint density at radius 3 is 2.16 bits per heavy atom. The number of rotatable bonds is 8. The van der Waals surface area contributed by atoms with Crippen molar-refractivity contribution in [3.05, 3.63) is 24.3 Å². The number of carbonyl (C=O) groups excluding carboxylic acids is 2. The predicted octanol–water partition coefficient (Wildman–Crippen LogP) is 1.99. The maximum Gasteiger partial charge on any atom is 0.305 e. The molecule has 0 aliphatic carbocycles. The Bertz CT molecular complexity index is 410. The van der Waals surface area contributed by atoms with Crippen LogP contribution in [0.1, 0.15) is 19.8 Å². The molecule has 104 valence electrons. The summed E-state index contributed by atoms with van der Waals surface area (Å²) < 4.78 is 15.2. The van der Waals surface area contributed by atoms with E-state index in [1.54, 1.807) is 24.3 Å². The molecular weight excluding hydrogens is 248 g/mol. The van der Waals surface area contributed by atoms with Gasteiger partial charge in [-0.2, -0.15) is 0 Å². The Labute approximate surface area is 112 Å². The van der Waals surface area contributed by atoms with E-state index in [-0.39, 0.29) is 18.4 Å². The Balaban J connectivity index is 2.28. The lowest BCUT2D eigenvalue weighted by Gasteiger charge is -2.07. The number of ketones is 1. The van der Waals surface area contributed by atoms with Gasteiger partial charge in [-0.05, 0) is 37.6 Å². The zero-order chi connectivity index (χ0) is 14.1. The van der Waals surface area contributed by atoms with Crippen molar-refractivity contribution in [2.24, 2.45) is 0 Å². The van der Waals surface area contributed by atoms with E-state index in [0.717, 1.165) is 0 Å². The van der Waals surface area contributed by atoms with Crippen LogP contribution in [0.25, 0.3) is 0 Å². The maximum atomic E-state index is 10.9. The van der Waals surface area contributed by atoms with E-state index in [1.165, 1.54) is 14.0 Å². The Morgan fingerprint density at radius 1 is 1.05 bits per heavy atom. The summed E-state index contributed by atoms with van der Waals surface area (Å²) in [7, 11) is 1.36. The summed E-state index contributed by atoms with van der Waals surface area (Å²) in [5.74, 6) is 1.05. The lowest BCUT2D eigenvalue weighted by atomic mass is 10.3. The van der Waals surface area contributed by atoms with Gasteiger partial charge in [-0.25, -0.2) is 0 Å². The van der Waals surface area contributed by atoms with Gasteiger partial charge >= 0.3 is 5.97 Å². The number of Topliss-reactive ketones (excluding diaryl/α,β-unsaturated/α-hetero) is 1. The van der Waals surface area contributed by atoms with Crippen molar-refractivity contribution >= 4 is 11.8 Å². The topological polar surface area (TPSA) is 61.8 Å². The number of hydrogen-bond acceptors (Lipinski definition) is 5. The normalized spacial score (nSPS) is 9.79. The predicted molar refractivity (Wildman–Crippen MR) is 69.4 cm³/mol. The molecule has 19 heavy (non-hydrogen) atoms. The second kappa shape index (κ2) is 8.13. The van der Waals surface area contributed by atoms with Crippen molar-refractivity contribution in [2.45, 2.75) is 19.8 Å². The van der Waals surface area contributed by atoms with Crippen molar-refractivity contribution in [2.75, 3.05) is 20.3 Å². The summed E-state index contributed by atoms with van der Waals surface area (Å²) >= 11 is 0. The van der Waals surface area contributed by atoms with Crippen molar-refractivity contribution < 1.29 is 23.8 Å². The minimum Gasteiger partial charge on any atom is -0.494 e. The third-order valence-corrected chi connectivity index (χ3v) is 2.29. The highest BCUT2D eigenvalue weighted by atomic mass is 16.5. The van der Waals surface area contributed by atoms with Crippen LogP contribution < -0.4 is 9.47 Å². The van der Waals surface area contributed by atoms with E-state index in [2.05, 4.69) is 4.74 Å². The quantitative estimate of drug-likeness (QED) is 0.532. The second-order valence-electron chi connectivity index (χ2n) is 3.99. The molecule has 5 nitrogen and oxygen atoms in total. The van der Waals surface area contributed by atoms with Crippen LogP contribution in [0.5, 0.6) is 11.5 Å². The first-order valence-corrected chi connectivity index (χ1v) is 6.03. The minimum atomic E-state index is -0.239. The zero-order valence-corrected chi connectivity index (χ0v) is 11.2. The Morgan fingerprint density at radius 2 is 1.63 bits per heavy atom. The van der Waals surface area contributed by atoms with Crippen molar-refractivity contribution in [3.63, 3.8) is 0 Å². The molecule has 0 spiro atoms. The molecule has 0 saturated carbocycles. The van der Waals surface area contributed by atoms with E-state index in [1.807, 2.05) is 0 Å². The molecule has 0 aliphatic heterocycles. The van der Waals surface area contributed by atoms with Gasteiger partial charge in [0.1, 0.15) is 18.1 Å². The number of benzene rings is 1. The Kier molecular flexibility index (Phi) is 6.43. The van der Waals surface area contributed by atoms with Gasteiger partial charge in [-0.3, -0.25) is 9.59 Å². The van der Waals surface area contributed by atoms with E-state index < -0.39 is 0 Å². The third kappa shape index (κ3) is 6.45. The first-order valence-electron chi connectivity index (χ1n) is 6.03. The summed E-state index contributed by atoms with van der Waals surface area (Å²) in [6, 6.07) is 6.98. The van der Waals surface area contributed by atoms with Gasteiger partial charge in [-0.15, -0.1) is 0 Å². The first-order chi connectivity index (χ1) is 9.11. The lowest BCUT2D eigenvalue weighted by molar-refractivity contribution is -0.140. The molecule has 0 unspecified atom stereocenters. The van der Waals surface area contributed by atoms with Crippen LogP contribution in [0.4, 0.5) is 0 Å². The average Bonchev–Trinajstić information content (AvgIpc) is 2.42. The van der Waals surface area contributed by atoms with Gasteiger partial charge in [0.2, 0.25) is 0 Å². The number of methoxy groups -OCH3 is 1. The van der Waals surface area contributed by atoms with Gasteiger partial charge < -0.3 is 14.2 Å². The van der Waals surface area contributed by atoms with Crippen LogP contribution in [0.15, 0.2) is 24.3 Å². The van der Waals surface area contributed by atoms with Crippen molar-refractivity contribution in [1.29, 1.82) is 0 Å². The fraction of sp³-hybridized carbons (Fsp3) is 0.429. The van der Waals surface area contributed by atoms with Gasteiger partial charge in [0.25, 0.3) is 0 Å². The number of carbonyl (C=O) groups is 2. The molecular formula is C14H18O5. The second-order valence-corrected chi connectivity index (χ2v) is 3.99. The van der Waals surface area contributed by atoms with E-state index >= 15 is 0 Å². The standard InChI is InChI=1S/C14H18O5/c1-11(15)10-19-13-7-5-12(6-8-13)18-9-3-4-14(16)17-2/h5-8H,3-4,9-10H2,1-2H3. The van der Waals surface area contributed by atoms with E-state index in [9.17, 15) is 9.59 Å². The fourth-order valence-electron chi connectivity index (χ4n) is 1.33. The molecule has 1 rings (SSSR count). The van der Waals surface area contributed by atoms with Gasteiger partial charge in [0.05, 0.1) is 13.7 Å². The van der Waals surface area contributed by atoms with Gasteiger partial charge in [0.15, 0.2) is 5.78 Å². The van der Waals surface area contributed by atoms with Crippen LogP contribution in [0.3, 0.4) is 0 Å². The van der Waals surface area contributed by atoms with Gasteiger partial charge in [-0.1, -0.05) is 0 Å². The smallest absolute Gasteiger partial charge is 0.305 e. The summed E-state index contributed by atoms with van der Waals surface area (Å²) in [5, 5.41) is 0. The molecule has 0 N–H and O–H groups in total. The van der Waals surface area contributed by atoms with Gasteiger partial charge in [0, 0.05) is 6.42 Å².